The normalized spacial score (nSPS) is 11.9. The fraction of sp³-hybridized carbons (Fsp3) is 0. The van der Waals surface area contributed by atoms with E-state index in [1.54, 1.807) is 11.3 Å². The zero-order valence-electron chi connectivity index (χ0n) is 30.6. The second kappa shape index (κ2) is 12.6. The molecule has 0 unspecified atom stereocenters. The Morgan fingerprint density at radius 3 is 1.95 bits per heavy atom. The first-order valence-corrected chi connectivity index (χ1v) is 20.0. The van der Waals surface area contributed by atoms with Gasteiger partial charge < -0.3 is 8.98 Å². The Bertz CT molecular complexity index is 3520. The Labute approximate surface area is 331 Å². The number of nitrogens with zero attached hydrogens (tertiary/aromatic N) is 3. The molecular weight excluding hydrogens is 715 g/mol. The Hall–Kier alpha value is -7.34. The van der Waals surface area contributed by atoms with E-state index in [0.717, 1.165) is 83.3 Å². The van der Waals surface area contributed by atoms with Crippen molar-refractivity contribution in [1.82, 2.24) is 14.5 Å². The summed E-state index contributed by atoms with van der Waals surface area (Å²) in [5, 5.41) is 6.99. The van der Waals surface area contributed by atoms with Gasteiger partial charge in [0.15, 0.2) is 11.4 Å². The minimum absolute atomic E-state index is 0.673. The van der Waals surface area contributed by atoms with Gasteiger partial charge in [0.1, 0.15) is 5.58 Å². The Balaban J connectivity index is 1.11. The van der Waals surface area contributed by atoms with Crippen LogP contribution in [0.5, 0.6) is 0 Å². The van der Waals surface area contributed by atoms with Crippen LogP contribution in [-0.2, 0) is 0 Å². The zero-order chi connectivity index (χ0) is 37.5. The van der Waals surface area contributed by atoms with Crippen molar-refractivity contribution in [3.8, 4) is 50.7 Å². The highest BCUT2D eigenvalue weighted by atomic mass is 32.1. The maximum Gasteiger partial charge on any atom is 0.160 e. The summed E-state index contributed by atoms with van der Waals surface area (Å²) in [7, 11) is 0. The van der Waals surface area contributed by atoms with Crippen LogP contribution in [0.15, 0.2) is 192 Å². The smallest absolute Gasteiger partial charge is 0.160 e. The molecule has 0 aliphatic carbocycles. The van der Waals surface area contributed by atoms with Gasteiger partial charge in [-0.3, -0.25) is 0 Å². The number of aromatic nitrogens is 3. The van der Waals surface area contributed by atoms with E-state index in [1.807, 2.05) is 0 Å². The van der Waals surface area contributed by atoms with Crippen LogP contribution in [0.25, 0.3) is 115 Å². The highest BCUT2D eigenvalue weighted by molar-refractivity contribution is 7.25. The molecule has 0 bridgehead atoms. The summed E-state index contributed by atoms with van der Waals surface area (Å²) < 4.78 is 11.9. The number of fused-ring (bicyclic) bond motifs is 10. The molecule has 0 saturated heterocycles. The molecule has 12 rings (SSSR count). The molecule has 0 N–H and O–H groups in total. The molecule has 0 aliphatic rings. The van der Waals surface area contributed by atoms with Crippen molar-refractivity contribution in [2.45, 2.75) is 0 Å². The van der Waals surface area contributed by atoms with Gasteiger partial charge >= 0.3 is 0 Å². The molecule has 0 radical (unpaired) electrons. The number of benzene rings is 8. The lowest BCUT2D eigenvalue weighted by molar-refractivity contribution is 0.672. The molecule has 4 heterocycles. The third-order valence-electron chi connectivity index (χ3n) is 11.2. The fourth-order valence-corrected chi connectivity index (χ4v) is 9.71. The van der Waals surface area contributed by atoms with Gasteiger partial charge in [0, 0.05) is 64.1 Å². The predicted octanol–water partition coefficient (Wildman–Crippen LogP) is 14.5. The van der Waals surface area contributed by atoms with E-state index in [1.165, 1.54) is 25.6 Å². The molecule has 4 nitrogen and oxygen atoms in total. The van der Waals surface area contributed by atoms with Crippen LogP contribution in [0.4, 0.5) is 0 Å². The summed E-state index contributed by atoms with van der Waals surface area (Å²) >= 11 is 1.80. The Kier molecular flexibility index (Phi) is 7.06. The van der Waals surface area contributed by atoms with Gasteiger partial charge in [-0.15, -0.1) is 11.3 Å². The first kappa shape index (κ1) is 32.0. The molecule has 0 spiro atoms. The second-order valence-electron chi connectivity index (χ2n) is 14.5. The Morgan fingerprint density at radius 1 is 0.404 bits per heavy atom. The van der Waals surface area contributed by atoms with Crippen LogP contribution in [0.1, 0.15) is 0 Å². The monoisotopic (exact) mass is 745 g/mol. The molecule has 0 amide bonds. The standard InChI is InChI=1S/C52H31N3OS/c1-3-13-32(14-4-1)33-15-11-16-34(29-33)44-31-45(54-52(53-44)35-25-26-39-38-20-8-10-24-47(38)57-48(39)30-35)43-22-12-21-41-42-28-27-40-37-19-7-9-23-46(37)55(36-17-5-2-6-18-36)49(40)51(42)56-50(41)43/h1-31H. The maximum absolute atomic E-state index is 7.12. The number of rotatable bonds is 5. The van der Waals surface area contributed by atoms with Crippen molar-refractivity contribution in [2.75, 3.05) is 0 Å². The SMILES string of the molecule is c1ccc(-c2cccc(-c3cc(-c4cccc5c4oc4c5ccc5c6ccccc6n(-c6ccccc6)c54)nc(-c4ccc5c(c4)sc4ccccc45)n3)c2)cc1. The number of hydrogen-bond acceptors (Lipinski definition) is 4. The Morgan fingerprint density at radius 2 is 1.05 bits per heavy atom. The molecule has 266 valence electrons. The number of thiophene rings is 1. The van der Waals surface area contributed by atoms with E-state index < -0.39 is 0 Å². The van der Waals surface area contributed by atoms with E-state index in [0.29, 0.717) is 5.82 Å². The van der Waals surface area contributed by atoms with E-state index in [4.69, 9.17) is 14.4 Å². The third kappa shape index (κ3) is 5.06. The quantitative estimate of drug-likeness (QED) is 0.176. The van der Waals surface area contributed by atoms with Crippen LogP contribution in [0.3, 0.4) is 0 Å². The first-order valence-electron chi connectivity index (χ1n) is 19.1. The van der Waals surface area contributed by atoms with Gasteiger partial charge in [-0.1, -0.05) is 133 Å². The van der Waals surface area contributed by atoms with Crippen molar-refractivity contribution in [3.05, 3.63) is 188 Å². The van der Waals surface area contributed by atoms with Gasteiger partial charge in [-0.05, 0) is 65.7 Å². The minimum Gasteiger partial charge on any atom is -0.453 e. The number of furan rings is 1. The molecule has 0 saturated carbocycles. The molecular formula is C52H31N3OS. The van der Waals surface area contributed by atoms with Gasteiger partial charge in [0.2, 0.25) is 0 Å². The molecule has 4 aromatic heterocycles. The second-order valence-corrected chi connectivity index (χ2v) is 15.6. The van der Waals surface area contributed by atoms with E-state index in [2.05, 4.69) is 193 Å². The maximum atomic E-state index is 7.12. The summed E-state index contributed by atoms with van der Waals surface area (Å²) in [6, 6.07) is 66.5. The summed E-state index contributed by atoms with van der Waals surface area (Å²) in [6.07, 6.45) is 0. The molecule has 57 heavy (non-hydrogen) atoms. The molecule has 8 aromatic carbocycles. The lowest BCUT2D eigenvalue weighted by atomic mass is 10.00. The minimum atomic E-state index is 0.673. The predicted molar refractivity (Wildman–Crippen MR) is 238 cm³/mol. The topological polar surface area (TPSA) is 43.9 Å². The average Bonchev–Trinajstić information content (AvgIpc) is 3.96. The fourth-order valence-electron chi connectivity index (χ4n) is 8.57. The van der Waals surface area contributed by atoms with Crippen LogP contribution >= 0.6 is 11.3 Å². The van der Waals surface area contributed by atoms with Crippen molar-refractivity contribution in [2.24, 2.45) is 0 Å². The number of hydrogen-bond donors (Lipinski definition) is 0. The number of para-hydroxylation sites is 3. The molecule has 12 aromatic rings. The zero-order valence-corrected chi connectivity index (χ0v) is 31.4. The van der Waals surface area contributed by atoms with Gasteiger partial charge in [0.05, 0.1) is 22.4 Å². The van der Waals surface area contributed by atoms with Gasteiger partial charge in [-0.2, -0.15) is 0 Å². The molecule has 5 heteroatoms. The lowest BCUT2D eigenvalue weighted by Crippen LogP contribution is -1.96. The average molecular weight is 746 g/mol. The molecule has 0 fully saturated rings. The van der Waals surface area contributed by atoms with E-state index in [9.17, 15) is 0 Å². The summed E-state index contributed by atoms with van der Waals surface area (Å²) in [5.74, 6) is 0.673. The van der Waals surface area contributed by atoms with Crippen molar-refractivity contribution in [3.63, 3.8) is 0 Å². The van der Waals surface area contributed by atoms with Crippen LogP contribution in [-0.4, -0.2) is 14.5 Å². The van der Waals surface area contributed by atoms with Crippen LogP contribution in [0, 0.1) is 0 Å². The molecule has 0 atom stereocenters. The summed E-state index contributed by atoms with van der Waals surface area (Å²) in [6.45, 7) is 0. The van der Waals surface area contributed by atoms with E-state index in [-0.39, 0.29) is 0 Å². The highest BCUT2D eigenvalue weighted by Crippen LogP contribution is 2.43. The molecule has 0 aliphatic heterocycles. The third-order valence-corrected chi connectivity index (χ3v) is 12.4. The van der Waals surface area contributed by atoms with Gasteiger partial charge in [0.25, 0.3) is 0 Å². The largest absolute Gasteiger partial charge is 0.453 e. The highest BCUT2D eigenvalue weighted by Gasteiger charge is 2.22. The van der Waals surface area contributed by atoms with Gasteiger partial charge in [-0.25, -0.2) is 9.97 Å². The first-order chi connectivity index (χ1) is 28.2. The summed E-state index contributed by atoms with van der Waals surface area (Å²) in [4.78, 5) is 10.6. The van der Waals surface area contributed by atoms with Crippen molar-refractivity contribution >= 4 is 75.3 Å². The van der Waals surface area contributed by atoms with Crippen LogP contribution in [0.2, 0.25) is 0 Å². The van der Waals surface area contributed by atoms with Crippen molar-refractivity contribution < 1.29 is 4.42 Å². The van der Waals surface area contributed by atoms with Crippen LogP contribution < -0.4 is 0 Å². The lowest BCUT2D eigenvalue weighted by Gasteiger charge is -2.11. The van der Waals surface area contributed by atoms with E-state index >= 15 is 0 Å². The van der Waals surface area contributed by atoms with Crippen molar-refractivity contribution in [1.29, 1.82) is 0 Å². The summed E-state index contributed by atoms with van der Waals surface area (Å²) in [5.41, 5.74) is 11.8.